The molecule has 0 aliphatic carbocycles. The molecule has 1 aromatic heterocycles. The SMILES string of the molecule is Cc1cc(CNC(=O)C2CC(=O)N(c3ccccc3)C2)oc1C(=O)O. The zero-order valence-electron chi connectivity index (χ0n) is 13.7. The summed E-state index contributed by atoms with van der Waals surface area (Å²) in [5, 5.41) is 11.7. The van der Waals surface area contributed by atoms with E-state index in [1.807, 2.05) is 30.3 Å². The molecular formula is C18H18N2O5. The number of anilines is 1. The fourth-order valence-electron chi connectivity index (χ4n) is 2.91. The number of hydrogen-bond donors (Lipinski definition) is 2. The molecule has 0 spiro atoms. The number of aryl methyl sites for hydroxylation is 1. The highest BCUT2D eigenvalue weighted by Crippen LogP contribution is 2.25. The summed E-state index contributed by atoms with van der Waals surface area (Å²) in [4.78, 5) is 37.0. The van der Waals surface area contributed by atoms with Crippen LogP contribution in [-0.4, -0.2) is 29.4 Å². The van der Waals surface area contributed by atoms with Crippen molar-refractivity contribution in [1.82, 2.24) is 5.32 Å². The fraction of sp³-hybridized carbons (Fsp3) is 0.278. The molecule has 1 fully saturated rings. The van der Waals surface area contributed by atoms with E-state index < -0.39 is 11.9 Å². The number of carbonyl (C=O) groups is 3. The Morgan fingerprint density at radius 2 is 2.04 bits per heavy atom. The number of aromatic carboxylic acids is 1. The van der Waals surface area contributed by atoms with Gasteiger partial charge in [0.1, 0.15) is 5.76 Å². The van der Waals surface area contributed by atoms with Gasteiger partial charge in [0, 0.05) is 24.2 Å². The lowest BCUT2D eigenvalue weighted by Gasteiger charge is -2.16. The Bertz CT molecular complexity index is 812. The summed E-state index contributed by atoms with van der Waals surface area (Å²) < 4.78 is 5.21. The predicted octanol–water partition coefficient (Wildman–Crippen LogP) is 1.96. The number of carboxylic acids is 1. The molecule has 1 unspecified atom stereocenters. The molecule has 1 aromatic carbocycles. The molecule has 130 valence electrons. The van der Waals surface area contributed by atoms with Gasteiger partial charge >= 0.3 is 5.97 Å². The molecule has 2 amide bonds. The maximum atomic E-state index is 12.3. The van der Waals surface area contributed by atoms with Crippen LogP contribution in [0.5, 0.6) is 0 Å². The van der Waals surface area contributed by atoms with Crippen molar-refractivity contribution in [2.75, 3.05) is 11.4 Å². The average molecular weight is 342 g/mol. The van der Waals surface area contributed by atoms with Gasteiger partial charge in [-0.3, -0.25) is 9.59 Å². The van der Waals surface area contributed by atoms with Crippen molar-refractivity contribution in [2.45, 2.75) is 19.9 Å². The van der Waals surface area contributed by atoms with Crippen molar-refractivity contribution >= 4 is 23.5 Å². The van der Waals surface area contributed by atoms with Crippen LogP contribution >= 0.6 is 0 Å². The summed E-state index contributed by atoms with van der Waals surface area (Å²) in [5.74, 6) is -1.69. The van der Waals surface area contributed by atoms with E-state index in [0.29, 0.717) is 17.9 Å². The molecule has 2 N–H and O–H groups in total. The standard InChI is InChI=1S/C18H18N2O5/c1-11-7-14(25-16(11)18(23)24)9-19-17(22)12-8-15(21)20(10-12)13-5-3-2-4-6-13/h2-7,12H,8-10H2,1H3,(H,19,22)(H,23,24). The highest BCUT2D eigenvalue weighted by atomic mass is 16.4. The summed E-state index contributed by atoms with van der Waals surface area (Å²) >= 11 is 0. The summed E-state index contributed by atoms with van der Waals surface area (Å²) in [5.41, 5.74) is 1.28. The number of furan rings is 1. The van der Waals surface area contributed by atoms with E-state index in [2.05, 4.69) is 5.32 Å². The van der Waals surface area contributed by atoms with Crippen LogP contribution in [-0.2, 0) is 16.1 Å². The van der Waals surface area contributed by atoms with Gasteiger partial charge in [-0.05, 0) is 25.1 Å². The van der Waals surface area contributed by atoms with Gasteiger partial charge in [0.25, 0.3) is 0 Å². The molecule has 1 aliphatic rings. The van der Waals surface area contributed by atoms with Gasteiger partial charge in [-0.1, -0.05) is 18.2 Å². The molecule has 2 heterocycles. The molecule has 1 aliphatic heterocycles. The minimum Gasteiger partial charge on any atom is -0.475 e. The van der Waals surface area contributed by atoms with E-state index in [4.69, 9.17) is 9.52 Å². The Morgan fingerprint density at radius 1 is 1.32 bits per heavy atom. The first-order chi connectivity index (χ1) is 12.0. The average Bonchev–Trinajstić information content (AvgIpc) is 3.16. The highest BCUT2D eigenvalue weighted by molar-refractivity contribution is 6.00. The molecule has 3 rings (SSSR count). The molecule has 1 atom stereocenters. The van der Waals surface area contributed by atoms with E-state index in [-0.39, 0.29) is 30.5 Å². The number of rotatable bonds is 5. The molecular weight excluding hydrogens is 324 g/mol. The Kier molecular flexibility index (Phi) is 4.56. The Balaban J connectivity index is 1.60. The smallest absolute Gasteiger partial charge is 0.372 e. The number of benzene rings is 1. The normalized spacial score (nSPS) is 16.9. The Labute approximate surface area is 144 Å². The molecule has 0 saturated carbocycles. The first-order valence-electron chi connectivity index (χ1n) is 7.91. The van der Waals surface area contributed by atoms with E-state index >= 15 is 0 Å². The van der Waals surface area contributed by atoms with Crippen molar-refractivity contribution < 1.29 is 23.9 Å². The third kappa shape index (κ3) is 3.55. The topological polar surface area (TPSA) is 99.9 Å². The molecule has 1 saturated heterocycles. The molecule has 25 heavy (non-hydrogen) atoms. The number of para-hydroxylation sites is 1. The van der Waals surface area contributed by atoms with Crippen LogP contribution in [0, 0.1) is 12.8 Å². The molecule has 7 heteroatoms. The van der Waals surface area contributed by atoms with Crippen LogP contribution in [0.1, 0.15) is 28.3 Å². The summed E-state index contributed by atoms with van der Waals surface area (Å²) in [6, 6.07) is 10.8. The number of nitrogens with zero attached hydrogens (tertiary/aromatic N) is 1. The lowest BCUT2D eigenvalue weighted by atomic mass is 10.1. The van der Waals surface area contributed by atoms with Crippen molar-refractivity contribution in [2.24, 2.45) is 5.92 Å². The van der Waals surface area contributed by atoms with Gasteiger partial charge in [-0.25, -0.2) is 4.79 Å². The minimum atomic E-state index is -1.14. The molecule has 2 aromatic rings. The van der Waals surface area contributed by atoms with Crippen LogP contribution < -0.4 is 10.2 Å². The summed E-state index contributed by atoms with van der Waals surface area (Å²) in [7, 11) is 0. The van der Waals surface area contributed by atoms with Gasteiger partial charge in [0.15, 0.2) is 0 Å². The number of carboxylic acid groups (broad SMARTS) is 1. The number of nitrogens with one attached hydrogen (secondary N) is 1. The van der Waals surface area contributed by atoms with E-state index in [1.165, 1.54) is 0 Å². The predicted molar refractivity (Wildman–Crippen MR) is 89.2 cm³/mol. The third-order valence-electron chi connectivity index (χ3n) is 4.16. The maximum absolute atomic E-state index is 12.3. The first-order valence-corrected chi connectivity index (χ1v) is 7.91. The van der Waals surface area contributed by atoms with Crippen LogP contribution in [0.3, 0.4) is 0 Å². The second-order valence-corrected chi connectivity index (χ2v) is 5.99. The molecule has 0 bridgehead atoms. The van der Waals surface area contributed by atoms with Crippen molar-refractivity contribution in [3.8, 4) is 0 Å². The number of amides is 2. The minimum absolute atomic E-state index is 0.0863. The first kappa shape index (κ1) is 16.8. The summed E-state index contributed by atoms with van der Waals surface area (Å²) in [6.07, 6.45) is 0.151. The maximum Gasteiger partial charge on any atom is 0.372 e. The molecule has 7 nitrogen and oxygen atoms in total. The second kappa shape index (κ2) is 6.80. The quantitative estimate of drug-likeness (QED) is 0.865. The monoisotopic (exact) mass is 342 g/mol. The zero-order valence-corrected chi connectivity index (χ0v) is 13.7. The highest BCUT2D eigenvalue weighted by Gasteiger charge is 2.35. The van der Waals surface area contributed by atoms with E-state index in [0.717, 1.165) is 5.69 Å². The second-order valence-electron chi connectivity index (χ2n) is 5.99. The van der Waals surface area contributed by atoms with Crippen LogP contribution in [0.2, 0.25) is 0 Å². The largest absolute Gasteiger partial charge is 0.475 e. The zero-order chi connectivity index (χ0) is 18.0. The lowest BCUT2D eigenvalue weighted by Crippen LogP contribution is -2.32. The van der Waals surface area contributed by atoms with Crippen molar-refractivity contribution in [1.29, 1.82) is 0 Å². The summed E-state index contributed by atoms with van der Waals surface area (Å²) in [6.45, 7) is 2.04. The van der Waals surface area contributed by atoms with Crippen LogP contribution in [0.4, 0.5) is 5.69 Å². The van der Waals surface area contributed by atoms with E-state index in [1.54, 1.807) is 17.9 Å². The van der Waals surface area contributed by atoms with Crippen LogP contribution in [0.15, 0.2) is 40.8 Å². The van der Waals surface area contributed by atoms with Gasteiger partial charge in [0.05, 0.1) is 12.5 Å². The van der Waals surface area contributed by atoms with Gasteiger partial charge < -0.3 is 19.7 Å². The van der Waals surface area contributed by atoms with Crippen LogP contribution in [0.25, 0.3) is 0 Å². The molecule has 0 radical (unpaired) electrons. The third-order valence-corrected chi connectivity index (χ3v) is 4.16. The number of carbonyl (C=O) groups excluding carboxylic acids is 2. The van der Waals surface area contributed by atoms with Crippen molar-refractivity contribution in [3.05, 3.63) is 53.5 Å². The lowest BCUT2D eigenvalue weighted by molar-refractivity contribution is -0.126. The fourth-order valence-corrected chi connectivity index (χ4v) is 2.91. The van der Waals surface area contributed by atoms with E-state index in [9.17, 15) is 14.4 Å². The van der Waals surface area contributed by atoms with Gasteiger partial charge in [-0.15, -0.1) is 0 Å². The number of hydrogen-bond acceptors (Lipinski definition) is 4. The van der Waals surface area contributed by atoms with Gasteiger partial charge in [0.2, 0.25) is 17.6 Å². The van der Waals surface area contributed by atoms with Gasteiger partial charge in [-0.2, -0.15) is 0 Å². The van der Waals surface area contributed by atoms with Crippen molar-refractivity contribution in [3.63, 3.8) is 0 Å². The Morgan fingerprint density at radius 3 is 2.68 bits per heavy atom. The Hall–Kier alpha value is -3.09.